The minimum absolute atomic E-state index is 0.291. The summed E-state index contributed by atoms with van der Waals surface area (Å²) in [5.41, 5.74) is 2.05. The maximum Gasteiger partial charge on any atom is 0.418 e. The monoisotopic (exact) mass is 392 g/mol. The van der Waals surface area contributed by atoms with E-state index in [4.69, 9.17) is 11.6 Å². The van der Waals surface area contributed by atoms with Crippen molar-refractivity contribution in [3.63, 3.8) is 0 Å². The summed E-state index contributed by atoms with van der Waals surface area (Å²) < 4.78 is 40.4. The summed E-state index contributed by atoms with van der Waals surface area (Å²) in [6.07, 6.45) is -7.37. The molecule has 1 unspecified atom stereocenters. The summed E-state index contributed by atoms with van der Waals surface area (Å²) in [6.45, 7) is 1.73. The third kappa shape index (κ3) is 2.90. The molecule has 0 spiro atoms. The van der Waals surface area contributed by atoms with Crippen molar-refractivity contribution < 1.29 is 18.3 Å². The Bertz CT molecular complexity index is 1170. The number of aliphatic hydroxyl groups is 1. The summed E-state index contributed by atoms with van der Waals surface area (Å²) in [5, 5.41) is 18.3. The second kappa shape index (κ2) is 6.17. The van der Waals surface area contributed by atoms with Gasteiger partial charge >= 0.3 is 6.18 Å². The Morgan fingerprint density at radius 1 is 1.11 bits per heavy atom. The lowest BCUT2D eigenvalue weighted by atomic mass is 10.1. The Labute approximate surface area is 156 Å². The molecule has 5 nitrogen and oxygen atoms in total. The minimum Gasteiger partial charge on any atom is -0.379 e. The molecule has 4 aromatic rings. The number of rotatable bonds is 2. The Hall–Kier alpha value is -2.71. The lowest BCUT2D eigenvalue weighted by molar-refractivity contribution is -0.206. The maximum atomic E-state index is 12.9. The van der Waals surface area contributed by atoms with Crippen LogP contribution in [0.25, 0.3) is 28.1 Å². The highest BCUT2D eigenvalue weighted by Gasteiger charge is 2.39. The average molecular weight is 393 g/mol. The summed E-state index contributed by atoms with van der Waals surface area (Å²) in [4.78, 5) is 4.38. The summed E-state index contributed by atoms with van der Waals surface area (Å²) >= 11 is 6.26. The number of aliphatic hydroxyl groups excluding tert-OH is 1. The van der Waals surface area contributed by atoms with E-state index in [-0.39, 0.29) is 5.56 Å². The molecule has 1 atom stereocenters. The van der Waals surface area contributed by atoms with Crippen LogP contribution in [-0.4, -0.2) is 30.9 Å². The zero-order valence-electron chi connectivity index (χ0n) is 13.9. The van der Waals surface area contributed by atoms with Gasteiger partial charge in [0.15, 0.2) is 17.6 Å². The first-order chi connectivity index (χ1) is 12.8. The molecule has 0 bridgehead atoms. The highest BCUT2D eigenvalue weighted by molar-refractivity contribution is 6.33. The molecule has 2 aromatic heterocycles. The number of aryl methyl sites for hydroxylation is 1. The van der Waals surface area contributed by atoms with Gasteiger partial charge in [-0.25, -0.2) is 4.98 Å². The molecule has 0 amide bonds. The fraction of sp³-hybridized carbons (Fsp3) is 0.167. The maximum absolute atomic E-state index is 12.9. The van der Waals surface area contributed by atoms with E-state index in [9.17, 15) is 18.3 Å². The fourth-order valence-corrected chi connectivity index (χ4v) is 3.19. The molecule has 138 valence electrons. The molecule has 27 heavy (non-hydrogen) atoms. The van der Waals surface area contributed by atoms with E-state index in [0.29, 0.717) is 38.8 Å². The van der Waals surface area contributed by atoms with Crippen LogP contribution in [0.4, 0.5) is 13.2 Å². The zero-order chi connectivity index (χ0) is 19.3. The largest absolute Gasteiger partial charge is 0.418 e. The van der Waals surface area contributed by atoms with Gasteiger partial charge in [0.05, 0.1) is 21.7 Å². The Morgan fingerprint density at radius 2 is 1.85 bits per heavy atom. The number of nitrogens with zero attached hydrogens (tertiary/aromatic N) is 4. The number of aromatic nitrogens is 4. The second-order valence-electron chi connectivity index (χ2n) is 6.05. The van der Waals surface area contributed by atoms with Crippen molar-refractivity contribution in [1.82, 2.24) is 19.6 Å². The molecule has 0 aliphatic heterocycles. The van der Waals surface area contributed by atoms with E-state index >= 15 is 0 Å². The molecule has 0 radical (unpaired) electrons. The topological polar surface area (TPSA) is 63.3 Å². The van der Waals surface area contributed by atoms with Crippen LogP contribution in [0.5, 0.6) is 0 Å². The third-order valence-electron chi connectivity index (χ3n) is 4.26. The van der Waals surface area contributed by atoms with E-state index in [1.807, 2.05) is 0 Å². The molecule has 4 rings (SSSR count). The summed E-state index contributed by atoms with van der Waals surface area (Å²) in [6, 6.07) is 10.9. The van der Waals surface area contributed by atoms with Crippen LogP contribution in [-0.2, 0) is 0 Å². The van der Waals surface area contributed by atoms with Gasteiger partial charge < -0.3 is 5.11 Å². The van der Waals surface area contributed by atoms with Crippen molar-refractivity contribution in [2.45, 2.75) is 19.2 Å². The van der Waals surface area contributed by atoms with Gasteiger partial charge in [0.2, 0.25) is 0 Å². The van der Waals surface area contributed by atoms with Gasteiger partial charge in [-0.05, 0) is 36.8 Å². The Morgan fingerprint density at radius 3 is 2.56 bits per heavy atom. The lowest BCUT2D eigenvalue weighted by Gasteiger charge is -2.16. The van der Waals surface area contributed by atoms with Gasteiger partial charge in [-0.15, -0.1) is 10.2 Å². The van der Waals surface area contributed by atoms with E-state index < -0.39 is 12.3 Å². The van der Waals surface area contributed by atoms with Crippen molar-refractivity contribution in [3.8, 4) is 11.4 Å². The number of hydrogen-bond acceptors (Lipinski definition) is 4. The Kier molecular flexibility index (Phi) is 4.05. The Balaban J connectivity index is 2.06. The van der Waals surface area contributed by atoms with Crippen LogP contribution >= 0.6 is 11.6 Å². The number of benzene rings is 2. The van der Waals surface area contributed by atoms with Gasteiger partial charge in [0.1, 0.15) is 0 Å². The number of halogens is 4. The lowest BCUT2D eigenvalue weighted by Crippen LogP contribution is -2.20. The van der Waals surface area contributed by atoms with Crippen LogP contribution in [0.2, 0.25) is 5.02 Å². The van der Waals surface area contributed by atoms with Crippen molar-refractivity contribution in [2.24, 2.45) is 0 Å². The molecule has 0 aliphatic rings. The van der Waals surface area contributed by atoms with Crippen LogP contribution in [0.3, 0.4) is 0 Å². The molecule has 2 heterocycles. The average Bonchev–Trinajstić information content (AvgIpc) is 3.06. The summed E-state index contributed by atoms with van der Waals surface area (Å²) in [5.74, 6) is 0.379. The highest BCUT2D eigenvalue weighted by Crippen LogP contribution is 2.35. The molecular formula is C18H12ClF3N4O. The third-order valence-corrected chi connectivity index (χ3v) is 4.59. The standard InChI is InChI=1S/C18H12ClF3N4O/c1-9-16-24-25-17(11-4-2-3-5-12(11)19)26(16)14-8-10(6-7-13(14)23-9)15(27)18(20,21)22/h2-8,15,27H,1H3. The van der Waals surface area contributed by atoms with Gasteiger partial charge in [-0.3, -0.25) is 4.40 Å². The van der Waals surface area contributed by atoms with E-state index in [0.717, 1.165) is 0 Å². The van der Waals surface area contributed by atoms with E-state index in [1.54, 1.807) is 35.6 Å². The number of alkyl halides is 3. The predicted octanol–water partition coefficient (Wildman–Crippen LogP) is 4.50. The van der Waals surface area contributed by atoms with Crippen molar-refractivity contribution >= 4 is 28.3 Å². The van der Waals surface area contributed by atoms with Gasteiger partial charge in [-0.2, -0.15) is 13.2 Å². The van der Waals surface area contributed by atoms with Crippen LogP contribution in [0.15, 0.2) is 42.5 Å². The molecule has 1 N–H and O–H groups in total. The first kappa shape index (κ1) is 17.7. The van der Waals surface area contributed by atoms with E-state index in [2.05, 4.69) is 15.2 Å². The van der Waals surface area contributed by atoms with Crippen molar-refractivity contribution in [3.05, 3.63) is 58.7 Å². The number of hydrogen-bond donors (Lipinski definition) is 1. The molecule has 9 heteroatoms. The normalized spacial score (nSPS) is 13.4. The van der Waals surface area contributed by atoms with Crippen molar-refractivity contribution in [1.29, 1.82) is 0 Å². The summed E-state index contributed by atoms with van der Waals surface area (Å²) in [7, 11) is 0. The van der Waals surface area contributed by atoms with Crippen molar-refractivity contribution in [2.75, 3.05) is 0 Å². The van der Waals surface area contributed by atoms with Crippen LogP contribution < -0.4 is 0 Å². The zero-order valence-corrected chi connectivity index (χ0v) is 14.6. The minimum atomic E-state index is -4.77. The quantitative estimate of drug-likeness (QED) is 0.545. The molecule has 0 aliphatic carbocycles. The van der Waals surface area contributed by atoms with Gasteiger partial charge in [0.25, 0.3) is 0 Å². The van der Waals surface area contributed by atoms with Gasteiger partial charge in [0, 0.05) is 5.56 Å². The SMILES string of the molecule is Cc1nc2ccc(C(O)C(F)(F)F)cc2n2c(-c3ccccc3Cl)nnc12. The highest BCUT2D eigenvalue weighted by atomic mass is 35.5. The fourth-order valence-electron chi connectivity index (χ4n) is 2.97. The first-order valence-electron chi connectivity index (χ1n) is 7.92. The van der Waals surface area contributed by atoms with Crippen LogP contribution in [0.1, 0.15) is 17.4 Å². The molecular weight excluding hydrogens is 381 g/mol. The molecule has 0 saturated carbocycles. The second-order valence-corrected chi connectivity index (χ2v) is 6.46. The molecule has 0 saturated heterocycles. The predicted molar refractivity (Wildman–Crippen MR) is 94.5 cm³/mol. The smallest absolute Gasteiger partial charge is 0.379 e. The molecule has 2 aromatic carbocycles. The van der Waals surface area contributed by atoms with Crippen LogP contribution in [0, 0.1) is 6.92 Å². The molecule has 0 fully saturated rings. The number of fused-ring (bicyclic) bond motifs is 3. The first-order valence-corrected chi connectivity index (χ1v) is 8.30. The van der Waals surface area contributed by atoms with E-state index in [1.165, 1.54) is 18.2 Å². The van der Waals surface area contributed by atoms with Gasteiger partial charge in [-0.1, -0.05) is 29.8 Å².